The van der Waals surface area contributed by atoms with Gasteiger partial charge in [-0.05, 0) is 70.5 Å². The fourth-order valence-corrected chi connectivity index (χ4v) is 6.27. The van der Waals surface area contributed by atoms with Gasteiger partial charge in [-0.1, -0.05) is 6.92 Å². The molecule has 3 aliphatic rings. The van der Waals surface area contributed by atoms with Gasteiger partial charge in [0.2, 0.25) is 5.91 Å². The molecule has 2 saturated heterocycles. The van der Waals surface area contributed by atoms with Gasteiger partial charge in [-0.25, -0.2) is 4.79 Å². The second-order valence-electron chi connectivity index (χ2n) is 8.92. The summed E-state index contributed by atoms with van der Waals surface area (Å²) in [5.74, 6) is 0.604. The van der Waals surface area contributed by atoms with Crippen molar-refractivity contribution >= 4 is 28.2 Å². The summed E-state index contributed by atoms with van der Waals surface area (Å²) in [5.41, 5.74) is 1.64. The van der Waals surface area contributed by atoms with Crippen LogP contribution in [0.5, 0.6) is 0 Å². The SMILES string of the molecule is CCOC(=O)c1c(NC(=O)[C@@H](C)N2CCC(C3OCCO3)CC2)sc2c1CC[C@H](C)C2. The predicted octanol–water partition coefficient (Wildman–Crippen LogP) is 3.46. The summed E-state index contributed by atoms with van der Waals surface area (Å²) in [6.45, 7) is 9.34. The van der Waals surface area contributed by atoms with Gasteiger partial charge in [0.05, 0.1) is 31.4 Å². The summed E-state index contributed by atoms with van der Waals surface area (Å²) < 4.78 is 16.6. The minimum absolute atomic E-state index is 0.0657. The standard InChI is InChI=1S/C23H34N2O5S/c1-4-28-22(27)19-17-6-5-14(2)13-18(17)31-21(19)24-20(26)15(3)25-9-7-16(8-10-25)23-29-11-12-30-23/h14-16,23H,4-13H2,1-3H3,(H,24,26)/t14-,15+/m0/s1. The van der Waals surface area contributed by atoms with Gasteiger partial charge in [0.1, 0.15) is 5.00 Å². The summed E-state index contributed by atoms with van der Waals surface area (Å²) in [4.78, 5) is 29.2. The lowest BCUT2D eigenvalue weighted by molar-refractivity contribution is -0.123. The number of hydrogen-bond donors (Lipinski definition) is 1. The number of carbonyl (C=O) groups is 2. The summed E-state index contributed by atoms with van der Waals surface area (Å²) in [6, 6.07) is -0.264. The first kappa shape index (κ1) is 22.7. The number of anilines is 1. The number of thiophene rings is 1. The highest BCUT2D eigenvalue weighted by molar-refractivity contribution is 7.17. The first-order valence-electron chi connectivity index (χ1n) is 11.6. The zero-order valence-electron chi connectivity index (χ0n) is 18.8. The second-order valence-corrected chi connectivity index (χ2v) is 10.0. The number of piperidine rings is 1. The maximum absolute atomic E-state index is 13.1. The summed E-state index contributed by atoms with van der Waals surface area (Å²) in [6.07, 6.45) is 4.72. The highest BCUT2D eigenvalue weighted by Gasteiger charge is 2.34. The van der Waals surface area contributed by atoms with E-state index in [4.69, 9.17) is 14.2 Å². The third kappa shape index (κ3) is 4.97. The third-order valence-corrected chi connectivity index (χ3v) is 7.93. The second kappa shape index (κ2) is 9.98. The van der Waals surface area contributed by atoms with Crippen LogP contribution in [0.1, 0.15) is 60.8 Å². The molecule has 2 fully saturated rings. The van der Waals surface area contributed by atoms with E-state index in [0.29, 0.717) is 42.2 Å². The number of esters is 1. The van der Waals surface area contributed by atoms with Crippen LogP contribution in [0.25, 0.3) is 0 Å². The van der Waals surface area contributed by atoms with Crippen molar-refractivity contribution < 1.29 is 23.8 Å². The summed E-state index contributed by atoms with van der Waals surface area (Å²) >= 11 is 1.55. The van der Waals surface area contributed by atoms with Crippen LogP contribution in [0.3, 0.4) is 0 Å². The van der Waals surface area contributed by atoms with E-state index < -0.39 is 0 Å². The molecule has 3 heterocycles. The fraction of sp³-hybridized carbons (Fsp3) is 0.739. The van der Waals surface area contributed by atoms with Crippen LogP contribution in [0, 0.1) is 11.8 Å². The van der Waals surface area contributed by atoms with Gasteiger partial charge in [0.15, 0.2) is 6.29 Å². The van der Waals surface area contributed by atoms with Crippen molar-refractivity contribution in [2.75, 3.05) is 38.2 Å². The van der Waals surface area contributed by atoms with Crippen molar-refractivity contribution in [3.05, 3.63) is 16.0 Å². The summed E-state index contributed by atoms with van der Waals surface area (Å²) in [5, 5.41) is 3.72. The number of hydrogen-bond acceptors (Lipinski definition) is 7. The topological polar surface area (TPSA) is 77.1 Å². The van der Waals surface area contributed by atoms with Crippen LogP contribution in [0.4, 0.5) is 5.00 Å². The maximum Gasteiger partial charge on any atom is 0.341 e. The van der Waals surface area contributed by atoms with Gasteiger partial charge < -0.3 is 19.5 Å². The van der Waals surface area contributed by atoms with E-state index in [1.807, 2.05) is 13.8 Å². The highest BCUT2D eigenvalue weighted by Crippen LogP contribution is 2.40. The quantitative estimate of drug-likeness (QED) is 0.669. The predicted molar refractivity (Wildman–Crippen MR) is 120 cm³/mol. The molecule has 0 saturated carbocycles. The van der Waals surface area contributed by atoms with Crippen LogP contribution >= 0.6 is 11.3 Å². The lowest BCUT2D eigenvalue weighted by Crippen LogP contribution is -2.47. The van der Waals surface area contributed by atoms with Crippen molar-refractivity contribution in [3.8, 4) is 0 Å². The molecule has 1 N–H and O–H groups in total. The molecule has 1 aromatic heterocycles. The molecule has 1 aromatic rings. The molecule has 0 bridgehead atoms. The van der Waals surface area contributed by atoms with E-state index in [0.717, 1.165) is 50.8 Å². The van der Waals surface area contributed by atoms with Gasteiger partial charge in [-0.3, -0.25) is 9.69 Å². The Morgan fingerprint density at radius 2 is 1.94 bits per heavy atom. The minimum atomic E-state index is -0.324. The van der Waals surface area contributed by atoms with Crippen molar-refractivity contribution in [1.29, 1.82) is 0 Å². The van der Waals surface area contributed by atoms with Crippen molar-refractivity contribution in [3.63, 3.8) is 0 Å². The molecule has 1 aliphatic carbocycles. The Hall–Kier alpha value is -1.48. The van der Waals surface area contributed by atoms with E-state index in [-0.39, 0.29) is 24.2 Å². The van der Waals surface area contributed by atoms with Crippen molar-refractivity contribution in [2.45, 2.75) is 65.2 Å². The Morgan fingerprint density at radius 3 is 2.61 bits per heavy atom. The molecule has 0 aromatic carbocycles. The number of nitrogens with zero attached hydrogens (tertiary/aromatic N) is 1. The number of rotatable bonds is 6. The van der Waals surface area contributed by atoms with Gasteiger partial charge in [-0.2, -0.15) is 0 Å². The van der Waals surface area contributed by atoms with Gasteiger partial charge in [-0.15, -0.1) is 11.3 Å². The largest absolute Gasteiger partial charge is 0.462 e. The number of likely N-dealkylation sites (tertiary alicyclic amines) is 1. The molecule has 0 radical (unpaired) electrons. The van der Waals surface area contributed by atoms with Crippen LogP contribution < -0.4 is 5.32 Å². The smallest absolute Gasteiger partial charge is 0.341 e. The number of ether oxygens (including phenoxy) is 3. The zero-order chi connectivity index (χ0) is 22.0. The van der Waals surface area contributed by atoms with Crippen LogP contribution in [0.15, 0.2) is 0 Å². The highest BCUT2D eigenvalue weighted by atomic mass is 32.1. The Balaban J connectivity index is 1.42. The maximum atomic E-state index is 13.1. The van der Waals surface area contributed by atoms with Gasteiger partial charge in [0.25, 0.3) is 0 Å². The van der Waals surface area contributed by atoms with E-state index >= 15 is 0 Å². The first-order chi connectivity index (χ1) is 15.0. The molecule has 2 aliphatic heterocycles. The minimum Gasteiger partial charge on any atom is -0.462 e. The Kier molecular flexibility index (Phi) is 7.31. The molecule has 1 amide bonds. The first-order valence-corrected chi connectivity index (χ1v) is 12.4. The van der Waals surface area contributed by atoms with Crippen LogP contribution in [0.2, 0.25) is 0 Å². The van der Waals surface area contributed by atoms with Gasteiger partial charge in [0, 0.05) is 10.8 Å². The Bertz CT molecular complexity index is 796. The average molecular weight is 451 g/mol. The molecular formula is C23H34N2O5S. The molecule has 7 nitrogen and oxygen atoms in total. The molecule has 31 heavy (non-hydrogen) atoms. The lowest BCUT2D eigenvalue weighted by Gasteiger charge is -2.36. The number of fused-ring (bicyclic) bond motifs is 1. The van der Waals surface area contributed by atoms with E-state index in [1.54, 1.807) is 11.3 Å². The van der Waals surface area contributed by atoms with E-state index in [9.17, 15) is 9.59 Å². The molecule has 4 rings (SSSR count). The van der Waals surface area contributed by atoms with E-state index in [1.165, 1.54) is 4.88 Å². The van der Waals surface area contributed by atoms with Crippen molar-refractivity contribution in [2.24, 2.45) is 11.8 Å². The Labute approximate surface area is 188 Å². The number of nitrogens with one attached hydrogen (secondary N) is 1. The molecule has 172 valence electrons. The van der Waals surface area contributed by atoms with Crippen LogP contribution in [-0.4, -0.2) is 62.0 Å². The molecule has 0 unspecified atom stereocenters. The third-order valence-electron chi connectivity index (χ3n) is 6.76. The zero-order valence-corrected chi connectivity index (χ0v) is 19.6. The normalized spacial score (nSPS) is 24.0. The number of carbonyl (C=O) groups excluding carboxylic acids is 2. The molecule has 8 heteroatoms. The monoisotopic (exact) mass is 450 g/mol. The molecular weight excluding hydrogens is 416 g/mol. The molecule has 2 atom stereocenters. The average Bonchev–Trinajstić information content (AvgIpc) is 3.41. The van der Waals surface area contributed by atoms with Crippen LogP contribution in [-0.2, 0) is 31.8 Å². The Morgan fingerprint density at radius 1 is 1.23 bits per heavy atom. The van der Waals surface area contributed by atoms with Crippen molar-refractivity contribution in [1.82, 2.24) is 4.90 Å². The number of amides is 1. The molecule has 0 spiro atoms. The van der Waals surface area contributed by atoms with E-state index in [2.05, 4.69) is 17.1 Å². The summed E-state index contributed by atoms with van der Waals surface area (Å²) in [7, 11) is 0. The van der Waals surface area contributed by atoms with Gasteiger partial charge >= 0.3 is 5.97 Å². The lowest BCUT2D eigenvalue weighted by atomic mass is 9.88. The fourth-order valence-electron chi connectivity index (χ4n) is 4.87.